The molecule has 1 aliphatic carbocycles. The number of nitrogens with zero attached hydrogens (tertiary/aromatic N) is 1. The number of ether oxygens (including phenoxy) is 1. The van der Waals surface area contributed by atoms with Crippen LogP contribution in [-0.4, -0.2) is 32.7 Å². The van der Waals surface area contributed by atoms with Crippen LogP contribution < -0.4 is 10.2 Å². The number of nitrogens with one attached hydrogen (secondary N) is 1. The maximum atomic E-state index is 11.7. The van der Waals surface area contributed by atoms with Gasteiger partial charge < -0.3 is 15.0 Å². The van der Waals surface area contributed by atoms with Crippen molar-refractivity contribution in [3.8, 4) is 0 Å². The first-order chi connectivity index (χ1) is 10.2. The van der Waals surface area contributed by atoms with E-state index in [-0.39, 0.29) is 12.5 Å². The standard InChI is InChI=1S/C17H24N2O2/c1-19-8-2-3-15-9-14(6-7-16(15)19)10-18-17(20)12-21-11-13-4-5-13/h6-7,9,13H,2-5,8,10-12H2,1H3,(H,18,20). The summed E-state index contributed by atoms with van der Waals surface area (Å²) in [5.41, 5.74) is 3.88. The minimum absolute atomic E-state index is 0.0227. The van der Waals surface area contributed by atoms with Gasteiger partial charge in [0.05, 0.1) is 6.61 Å². The van der Waals surface area contributed by atoms with E-state index in [1.165, 1.54) is 36.1 Å². The van der Waals surface area contributed by atoms with Gasteiger partial charge in [-0.1, -0.05) is 12.1 Å². The molecule has 0 radical (unpaired) electrons. The van der Waals surface area contributed by atoms with Crippen LogP contribution in [0.2, 0.25) is 0 Å². The van der Waals surface area contributed by atoms with E-state index in [9.17, 15) is 4.79 Å². The molecule has 0 atom stereocenters. The molecule has 4 heteroatoms. The van der Waals surface area contributed by atoms with Crippen LogP contribution in [0, 0.1) is 5.92 Å². The van der Waals surface area contributed by atoms with E-state index >= 15 is 0 Å². The molecule has 0 bridgehead atoms. The first kappa shape index (κ1) is 14.4. The second-order valence-corrected chi connectivity index (χ2v) is 6.22. The summed E-state index contributed by atoms with van der Waals surface area (Å²) in [4.78, 5) is 14.0. The summed E-state index contributed by atoms with van der Waals surface area (Å²) in [7, 11) is 2.14. The van der Waals surface area contributed by atoms with Crippen molar-refractivity contribution in [1.82, 2.24) is 5.32 Å². The van der Waals surface area contributed by atoms with Crippen molar-refractivity contribution in [2.24, 2.45) is 5.92 Å². The number of benzene rings is 1. The molecule has 21 heavy (non-hydrogen) atoms. The zero-order valence-corrected chi connectivity index (χ0v) is 12.7. The van der Waals surface area contributed by atoms with E-state index < -0.39 is 0 Å². The lowest BCUT2D eigenvalue weighted by Crippen LogP contribution is -2.28. The van der Waals surface area contributed by atoms with Crippen LogP contribution >= 0.6 is 0 Å². The first-order valence-electron chi connectivity index (χ1n) is 7.90. The lowest BCUT2D eigenvalue weighted by atomic mass is 9.99. The normalized spacial score (nSPS) is 17.5. The number of hydrogen-bond acceptors (Lipinski definition) is 3. The minimum Gasteiger partial charge on any atom is -0.374 e. The number of fused-ring (bicyclic) bond motifs is 1. The van der Waals surface area contributed by atoms with Crippen LogP contribution in [0.4, 0.5) is 5.69 Å². The molecule has 1 fully saturated rings. The molecule has 1 amide bonds. The third kappa shape index (κ3) is 3.97. The molecule has 0 unspecified atom stereocenters. The van der Waals surface area contributed by atoms with Crippen LogP contribution in [0.15, 0.2) is 18.2 Å². The highest BCUT2D eigenvalue weighted by molar-refractivity contribution is 5.77. The van der Waals surface area contributed by atoms with Gasteiger partial charge in [0.15, 0.2) is 0 Å². The monoisotopic (exact) mass is 288 g/mol. The van der Waals surface area contributed by atoms with Crippen molar-refractivity contribution in [3.05, 3.63) is 29.3 Å². The molecule has 1 N–H and O–H groups in total. The van der Waals surface area contributed by atoms with Gasteiger partial charge >= 0.3 is 0 Å². The molecule has 1 aliphatic heterocycles. The molecule has 0 spiro atoms. The molecule has 0 saturated heterocycles. The van der Waals surface area contributed by atoms with Gasteiger partial charge in [-0.15, -0.1) is 0 Å². The van der Waals surface area contributed by atoms with E-state index in [0.29, 0.717) is 12.5 Å². The number of hydrogen-bond donors (Lipinski definition) is 1. The fourth-order valence-electron chi connectivity index (χ4n) is 2.80. The van der Waals surface area contributed by atoms with Crippen LogP contribution in [-0.2, 0) is 22.5 Å². The molecule has 1 heterocycles. The average molecular weight is 288 g/mol. The summed E-state index contributed by atoms with van der Waals surface area (Å²) in [5.74, 6) is 0.681. The molecule has 2 aliphatic rings. The number of aryl methyl sites for hydroxylation is 1. The minimum atomic E-state index is -0.0227. The molecular formula is C17H24N2O2. The summed E-state index contributed by atoms with van der Waals surface area (Å²) in [5, 5.41) is 2.93. The molecule has 4 nitrogen and oxygen atoms in total. The Morgan fingerprint density at radius 1 is 1.43 bits per heavy atom. The molecule has 3 rings (SSSR count). The van der Waals surface area contributed by atoms with Crippen molar-refractivity contribution >= 4 is 11.6 Å². The van der Waals surface area contributed by atoms with Crippen LogP contribution in [0.5, 0.6) is 0 Å². The van der Waals surface area contributed by atoms with Crippen LogP contribution in [0.1, 0.15) is 30.4 Å². The Hall–Kier alpha value is -1.55. The van der Waals surface area contributed by atoms with Gasteiger partial charge in [0, 0.05) is 25.8 Å². The van der Waals surface area contributed by atoms with E-state index in [1.54, 1.807) is 0 Å². The fourth-order valence-corrected chi connectivity index (χ4v) is 2.80. The predicted molar refractivity (Wildman–Crippen MR) is 83.4 cm³/mol. The average Bonchev–Trinajstić information content (AvgIpc) is 3.29. The summed E-state index contributed by atoms with van der Waals surface area (Å²) < 4.78 is 5.39. The van der Waals surface area contributed by atoms with Crippen molar-refractivity contribution in [1.29, 1.82) is 0 Å². The Bertz CT molecular complexity index is 512. The number of rotatable bonds is 6. The Morgan fingerprint density at radius 3 is 3.10 bits per heavy atom. The van der Waals surface area contributed by atoms with Gasteiger partial charge in [0.25, 0.3) is 0 Å². The summed E-state index contributed by atoms with van der Waals surface area (Å²) >= 11 is 0. The lowest BCUT2D eigenvalue weighted by Gasteiger charge is -2.27. The summed E-state index contributed by atoms with van der Waals surface area (Å²) in [6.45, 7) is 2.63. The van der Waals surface area contributed by atoms with E-state index in [1.807, 2.05) is 0 Å². The fraction of sp³-hybridized carbons (Fsp3) is 0.588. The lowest BCUT2D eigenvalue weighted by molar-refractivity contribution is -0.126. The van der Waals surface area contributed by atoms with Gasteiger partial charge in [-0.2, -0.15) is 0 Å². The van der Waals surface area contributed by atoms with Gasteiger partial charge in [0.1, 0.15) is 6.61 Å². The summed E-state index contributed by atoms with van der Waals surface area (Å²) in [6.07, 6.45) is 4.84. The molecule has 1 aromatic rings. The third-order valence-electron chi connectivity index (χ3n) is 4.27. The van der Waals surface area contributed by atoms with E-state index in [0.717, 1.165) is 19.6 Å². The second kappa shape index (κ2) is 6.48. The molecule has 1 saturated carbocycles. The zero-order valence-electron chi connectivity index (χ0n) is 12.7. The van der Waals surface area contributed by atoms with Crippen LogP contribution in [0.3, 0.4) is 0 Å². The SMILES string of the molecule is CN1CCCc2cc(CNC(=O)COCC3CC3)ccc21. The van der Waals surface area contributed by atoms with Crippen molar-refractivity contribution in [2.75, 3.05) is 31.7 Å². The Kier molecular flexibility index (Phi) is 4.44. The number of anilines is 1. The number of carbonyl (C=O) groups is 1. The van der Waals surface area contributed by atoms with Crippen LogP contribution in [0.25, 0.3) is 0 Å². The van der Waals surface area contributed by atoms with Gasteiger partial charge in [-0.05, 0) is 48.8 Å². The van der Waals surface area contributed by atoms with Gasteiger partial charge in [-0.3, -0.25) is 4.79 Å². The Balaban J connectivity index is 1.47. The topological polar surface area (TPSA) is 41.6 Å². The van der Waals surface area contributed by atoms with E-state index in [2.05, 4.69) is 35.5 Å². The maximum absolute atomic E-state index is 11.7. The molecule has 0 aromatic heterocycles. The highest BCUT2D eigenvalue weighted by Crippen LogP contribution is 2.28. The third-order valence-corrected chi connectivity index (χ3v) is 4.27. The zero-order chi connectivity index (χ0) is 14.7. The predicted octanol–water partition coefficient (Wildman–Crippen LogP) is 2.11. The van der Waals surface area contributed by atoms with Gasteiger partial charge in [0.2, 0.25) is 5.91 Å². The molecule has 1 aromatic carbocycles. The maximum Gasteiger partial charge on any atom is 0.246 e. The second-order valence-electron chi connectivity index (χ2n) is 6.22. The van der Waals surface area contributed by atoms with E-state index in [4.69, 9.17) is 4.74 Å². The smallest absolute Gasteiger partial charge is 0.246 e. The summed E-state index contributed by atoms with van der Waals surface area (Å²) in [6, 6.07) is 6.49. The largest absolute Gasteiger partial charge is 0.374 e. The van der Waals surface area contributed by atoms with Crippen molar-refractivity contribution in [2.45, 2.75) is 32.2 Å². The van der Waals surface area contributed by atoms with Crippen molar-refractivity contribution in [3.63, 3.8) is 0 Å². The van der Waals surface area contributed by atoms with Gasteiger partial charge in [-0.25, -0.2) is 0 Å². The van der Waals surface area contributed by atoms with Crippen molar-refractivity contribution < 1.29 is 9.53 Å². The number of carbonyl (C=O) groups excluding carboxylic acids is 1. The first-order valence-corrected chi connectivity index (χ1v) is 7.90. The number of amides is 1. The quantitative estimate of drug-likeness (QED) is 0.871. The Morgan fingerprint density at radius 2 is 2.29 bits per heavy atom. The Labute approximate surface area is 126 Å². The highest BCUT2D eigenvalue weighted by Gasteiger charge is 2.21. The molecule has 114 valence electrons. The molecular weight excluding hydrogens is 264 g/mol. The highest BCUT2D eigenvalue weighted by atomic mass is 16.5.